The monoisotopic (exact) mass is 181 g/mol. The highest BCUT2D eigenvalue weighted by molar-refractivity contribution is 4.71. The normalized spacial score (nSPS) is 24.8. The summed E-state index contributed by atoms with van der Waals surface area (Å²) in [5.74, 6) is 0.479. The second-order valence-electron chi connectivity index (χ2n) is 3.37. The Bertz CT molecular complexity index is 127. The van der Waals surface area contributed by atoms with E-state index in [-0.39, 0.29) is 6.42 Å². The van der Waals surface area contributed by atoms with E-state index < -0.39 is 12.6 Å². The van der Waals surface area contributed by atoms with Crippen molar-refractivity contribution in [2.45, 2.75) is 31.9 Å². The summed E-state index contributed by atoms with van der Waals surface area (Å²) in [6.45, 7) is 1.87. The van der Waals surface area contributed by atoms with E-state index in [4.69, 9.17) is 0 Å². The van der Waals surface area contributed by atoms with Crippen LogP contribution in [-0.2, 0) is 0 Å². The molecule has 12 heavy (non-hydrogen) atoms. The SMILES string of the molecule is FC(F)(F)CCCC1CCNC1. The van der Waals surface area contributed by atoms with Crippen molar-refractivity contribution >= 4 is 0 Å². The number of nitrogens with one attached hydrogen (secondary N) is 1. The van der Waals surface area contributed by atoms with E-state index in [1.807, 2.05) is 0 Å². The van der Waals surface area contributed by atoms with Gasteiger partial charge < -0.3 is 5.32 Å². The number of halogens is 3. The lowest BCUT2D eigenvalue weighted by atomic mass is 10.0. The van der Waals surface area contributed by atoms with Crippen LogP contribution in [-0.4, -0.2) is 19.3 Å². The molecule has 4 heteroatoms. The maximum absolute atomic E-state index is 11.7. The van der Waals surface area contributed by atoms with Crippen LogP contribution in [0.25, 0.3) is 0 Å². The molecule has 0 aromatic rings. The van der Waals surface area contributed by atoms with E-state index in [9.17, 15) is 13.2 Å². The fraction of sp³-hybridized carbons (Fsp3) is 1.00. The maximum atomic E-state index is 11.7. The van der Waals surface area contributed by atoms with Crippen molar-refractivity contribution < 1.29 is 13.2 Å². The standard InChI is InChI=1S/C8H14F3N/c9-8(10,11)4-1-2-7-3-5-12-6-7/h7,12H,1-6H2. The minimum Gasteiger partial charge on any atom is -0.316 e. The van der Waals surface area contributed by atoms with E-state index >= 15 is 0 Å². The Morgan fingerprint density at radius 2 is 2.08 bits per heavy atom. The third kappa shape index (κ3) is 3.95. The first-order chi connectivity index (χ1) is 5.58. The number of alkyl halides is 3. The van der Waals surface area contributed by atoms with Gasteiger partial charge in [-0.3, -0.25) is 0 Å². The van der Waals surface area contributed by atoms with Crippen LogP contribution in [0, 0.1) is 5.92 Å². The van der Waals surface area contributed by atoms with Gasteiger partial charge in [-0.05, 0) is 38.3 Å². The molecular weight excluding hydrogens is 167 g/mol. The number of hydrogen-bond acceptors (Lipinski definition) is 1. The van der Waals surface area contributed by atoms with E-state index in [1.165, 1.54) is 0 Å². The molecule has 1 rings (SSSR count). The second-order valence-corrected chi connectivity index (χ2v) is 3.37. The number of hydrogen-bond donors (Lipinski definition) is 1. The van der Waals surface area contributed by atoms with Gasteiger partial charge in [0.25, 0.3) is 0 Å². The highest BCUT2D eigenvalue weighted by atomic mass is 19.4. The molecule has 1 nitrogen and oxygen atoms in total. The van der Waals surface area contributed by atoms with Crippen molar-refractivity contribution in [3.8, 4) is 0 Å². The molecule has 0 amide bonds. The molecule has 1 heterocycles. The van der Waals surface area contributed by atoms with Crippen LogP contribution in [0.5, 0.6) is 0 Å². The molecule has 1 saturated heterocycles. The molecule has 1 aliphatic rings. The summed E-state index contributed by atoms with van der Waals surface area (Å²) in [6, 6.07) is 0. The van der Waals surface area contributed by atoms with Crippen LogP contribution in [0.3, 0.4) is 0 Å². The lowest BCUT2D eigenvalue weighted by molar-refractivity contribution is -0.136. The third-order valence-electron chi connectivity index (χ3n) is 2.23. The first-order valence-corrected chi connectivity index (χ1v) is 4.35. The Kier molecular flexibility index (Phi) is 3.38. The van der Waals surface area contributed by atoms with Crippen molar-refractivity contribution in [2.75, 3.05) is 13.1 Å². The molecule has 0 spiro atoms. The van der Waals surface area contributed by atoms with Crippen molar-refractivity contribution in [1.82, 2.24) is 5.32 Å². The molecule has 1 aliphatic heterocycles. The van der Waals surface area contributed by atoms with Gasteiger partial charge in [-0.2, -0.15) is 13.2 Å². The first kappa shape index (κ1) is 9.84. The highest BCUT2D eigenvalue weighted by Crippen LogP contribution is 2.25. The fourth-order valence-electron chi connectivity index (χ4n) is 1.55. The first-order valence-electron chi connectivity index (χ1n) is 4.35. The van der Waals surface area contributed by atoms with Crippen LogP contribution in [0.4, 0.5) is 13.2 Å². The fourth-order valence-corrected chi connectivity index (χ4v) is 1.55. The zero-order valence-electron chi connectivity index (χ0n) is 6.95. The van der Waals surface area contributed by atoms with Gasteiger partial charge in [-0.1, -0.05) is 0 Å². The van der Waals surface area contributed by atoms with Crippen molar-refractivity contribution in [3.63, 3.8) is 0 Å². The summed E-state index contributed by atoms with van der Waals surface area (Å²) in [7, 11) is 0. The van der Waals surface area contributed by atoms with Gasteiger partial charge in [0, 0.05) is 6.42 Å². The molecular formula is C8H14F3N. The smallest absolute Gasteiger partial charge is 0.316 e. The third-order valence-corrected chi connectivity index (χ3v) is 2.23. The molecule has 0 aliphatic carbocycles. The largest absolute Gasteiger partial charge is 0.389 e. The quantitative estimate of drug-likeness (QED) is 0.704. The predicted molar refractivity (Wildman–Crippen MR) is 40.9 cm³/mol. The highest BCUT2D eigenvalue weighted by Gasteiger charge is 2.27. The van der Waals surface area contributed by atoms with Crippen molar-refractivity contribution in [1.29, 1.82) is 0 Å². The molecule has 1 fully saturated rings. The summed E-state index contributed by atoms with van der Waals surface area (Å²) in [4.78, 5) is 0. The Labute approximate surface area is 70.3 Å². The van der Waals surface area contributed by atoms with Crippen LogP contribution in [0.1, 0.15) is 25.7 Å². The van der Waals surface area contributed by atoms with Crippen LogP contribution in [0.15, 0.2) is 0 Å². The Morgan fingerprint density at radius 1 is 1.33 bits per heavy atom. The van der Waals surface area contributed by atoms with Crippen LogP contribution >= 0.6 is 0 Å². The molecule has 1 atom stereocenters. The van der Waals surface area contributed by atoms with Gasteiger partial charge in [0.15, 0.2) is 0 Å². The lowest BCUT2D eigenvalue weighted by Gasteiger charge is -2.09. The second kappa shape index (κ2) is 4.12. The molecule has 1 unspecified atom stereocenters. The zero-order valence-corrected chi connectivity index (χ0v) is 6.95. The summed E-state index contributed by atoms with van der Waals surface area (Å²) in [6.07, 6.45) is -2.55. The number of rotatable bonds is 3. The molecule has 0 radical (unpaired) electrons. The minimum atomic E-state index is -3.97. The Balaban J connectivity index is 2.02. The average Bonchev–Trinajstić information content (AvgIpc) is 2.36. The van der Waals surface area contributed by atoms with E-state index in [2.05, 4.69) is 5.32 Å². The molecule has 0 saturated carbocycles. The predicted octanol–water partition coefficient (Wildman–Crippen LogP) is 2.33. The van der Waals surface area contributed by atoms with Gasteiger partial charge in [0.1, 0.15) is 0 Å². The lowest BCUT2D eigenvalue weighted by Crippen LogP contribution is -2.11. The molecule has 0 aromatic carbocycles. The maximum Gasteiger partial charge on any atom is 0.389 e. The van der Waals surface area contributed by atoms with Gasteiger partial charge in [-0.25, -0.2) is 0 Å². The van der Waals surface area contributed by atoms with Gasteiger partial charge in [0.2, 0.25) is 0 Å². The van der Waals surface area contributed by atoms with Gasteiger partial charge in [-0.15, -0.1) is 0 Å². The molecule has 72 valence electrons. The Morgan fingerprint density at radius 3 is 2.58 bits per heavy atom. The Hall–Kier alpha value is -0.250. The van der Waals surface area contributed by atoms with Gasteiger partial charge >= 0.3 is 6.18 Å². The molecule has 0 aromatic heterocycles. The zero-order chi connectivity index (χ0) is 9.03. The minimum absolute atomic E-state index is 0.288. The van der Waals surface area contributed by atoms with E-state index in [0.29, 0.717) is 12.3 Å². The van der Waals surface area contributed by atoms with Crippen LogP contribution < -0.4 is 5.32 Å². The molecule has 0 bridgehead atoms. The van der Waals surface area contributed by atoms with Crippen molar-refractivity contribution in [3.05, 3.63) is 0 Å². The van der Waals surface area contributed by atoms with E-state index in [0.717, 1.165) is 19.5 Å². The topological polar surface area (TPSA) is 12.0 Å². The van der Waals surface area contributed by atoms with Gasteiger partial charge in [0.05, 0.1) is 0 Å². The van der Waals surface area contributed by atoms with E-state index in [1.54, 1.807) is 0 Å². The van der Waals surface area contributed by atoms with Crippen molar-refractivity contribution in [2.24, 2.45) is 5.92 Å². The summed E-state index contributed by atoms with van der Waals surface area (Å²) < 4.78 is 35.1. The summed E-state index contributed by atoms with van der Waals surface area (Å²) >= 11 is 0. The molecule has 1 N–H and O–H groups in total. The summed E-state index contributed by atoms with van der Waals surface area (Å²) in [5, 5.41) is 3.14. The summed E-state index contributed by atoms with van der Waals surface area (Å²) in [5.41, 5.74) is 0. The van der Waals surface area contributed by atoms with Crippen LogP contribution in [0.2, 0.25) is 0 Å². The average molecular weight is 181 g/mol.